The molecule has 0 saturated heterocycles. The predicted molar refractivity (Wildman–Crippen MR) is 132 cm³/mol. The van der Waals surface area contributed by atoms with Crippen LogP contribution in [0.3, 0.4) is 0 Å². The van der Waals surface area contributed by atoms with Crippen molar-refractivity contribution in [3.63, 3.8) is 0 Å². The number of benzene rings is 2. The van der Waals surface area contributed by atoms with E-state index in [9.17, 15) is 9.47 Å². The van der Waals surface area contributed by atoms with E-state index in [2.05, 4.69) is 47.6 Å². The van der Waals surface area contributed by atoms with Crippen LogP contribution in [0.25, 0.3) is 0 Å². The van der Waals surface area contributed by atoms with Gasteiger partial charge in [0.25, 0.3) is 0 Å². The summed E-state index contributed by atoms with van der Waals surface area (Å²) >= 11 is 0. The zero-order valence-electron chi connectivity index (χ0n) is 20.2. The number of nitriles is 1. The van der Waals surface area contributed by atoms with Gasteiger partial charge in [-0.3, -0.25) is 0 Å². The minimum atomic E-state index is -2.35. The first kappa shape index (κ1) is 25.5. The second kappa shape index (κ2) is 10.2. The SMILES string of the molecule is CC[C@](C#N)(O[Si](C(C)C)(C(C)C)C(C)C)c1ccccc1[S@@](=O)c1ccc(C)cc1. The topological polar surface area (TPSA) is 50.1 Å². The molecule has 0 N–H and O–H groups in total. The van der Waals surface area contributed by atoms with Gasteiger partial charge in [0.2, 0.25) is 8.32 Å². The summed E-state index contributed by atoms with van der Waals surface area (Å²) in [6.07, 6.45) is 0.506. The highest BCUT2D eigenvalue weighted by Crippen LogP contribution is 2.48. The summed E-state index contributed by atoms with van der Waals surface area (Å²) in [5, 5.41) is 10.5. The normalized spacial score (nSPS) is 15.2. The Morgan fingerprint density at radius 1 is 0.968 bits per heavy atom. The summed E-state index contributed by atoms with van der Waals surface area (Å²) in [6, 6.07) is 17.9. The van der Waals surface area contributed by atoms with Crippen molar-refractivity contribution in [3.05, 3.63) is 59.7 Å². The van der Waals surface area contributed by atoms with Crippen LogP contribution in [0.5, 0.6) is 0 Å². The Hall–Kier alpha value is -1.74. The fraction of sp³-hybridized carbons (Fsp3) is 0.500. The largest absolute Gasteiger partial charge is 0.395 e. The van der Waals surface area contributed by atoms with E-state index in [1.54, 1.807) is 0 Å². The molecule has 2 atom stereocenters. The fourth-order valence-corrected chi connectivity index (χ4v) is 11.8. The molecule has 3 nitrogen and oxygen atoms in total. The molecule has 0 aromatic heterocycles. The van der Waals surface area contributed by atoms with Gasteiger partial charge in [-0.05, 0) is 48.2 Å². The molecule has 31 heavy (non-hydrogen) atoms. The van der Waals surface area contributed by atoms with Crippen molar-refractivity contribution >= 4 is 19.1 Å². The summed E-state index contributed by atoms with van der Waals surface area (Å²) in [7, 11) is -3.75. The van der Waals surface area contributed by atoms with Gasteiger partial charge in [-0.15, -0.1) is 0 Å². The Morgan fingerprint density at radius 3 is 1.94 bits per heavy atom. The zero-order valence-corrected chi connectivity index (χ0v) is 22.0. The maximum atomic E-state index is 13.6. The standard InChI is InChI=1S/C26H37NO2SSi/c1-9-26(18-27,29-31(19(2)3,20(4)5)21(6)7)24-12-10-11-13-25(24)30(28)23-16-14-22(8)15-17-23/h10-17,19-21H,9H2,1-8H3/t26-,30+/m1/s1. The second-order valence-electron chi connectivity index (χ2n) is 9.29. The quantitative estimate of drug-likeness (QED) is 0.368. The van der Waals surface area contributed by atoms with Gasteiger partial charge < -0.3 is 4.43 Å². The van der Waals surface area contributed by atoms with Crippen LogP contribution < -0.4 is 0 Å². The molecule has 0 unspecified atom stereocenters. The molecule has 168 valence electrons. The number of rotatable bonds is 9. The molecular weight excluding hydrogens is 418 g/mol. The van der Waals surface area contributed by atoms with E-state index >= 15 is 0 Å². The predicted octanol–water partition coefficient (Wildman–Crippen LogP) is 7.48. The average molecular weight is 456 g/mol. The number of hydrogen-bond acceptors (Lipinski definition) is 3. The van der Waals surface area contributed by atoms with Gasteiger partial charge in [0.15, 0.2) is 5.60 Å². The van der Waals surface area contributed by atoms with Crippen LogP contribution in [0.4, 0.5) is 0 Å². The Kier molecular flexibility index (Phi) is 8.44. The smallest absolute Gasteiger partial charge is 0.202 e. The molecule has 0 aliphatic rings. The third kappa shape index (κ3) is 4.87. The lowest BCUT2D eigenvalue weighted by atomic mass is 9.93. The van der Waals surface area contributed by atoms with Crippen molar-refractivity contribution in [3.8, 4) is 6.07 Å². The van der Waals surface area contributed by atoms with Crippen molar-refractivity contribution in [1.29, 1.82) is 5.26 Å². The average Bonchev–Trinajstić information content (AvgIpc) is 2.74. The Bertz CT molecular complexity index is 925. The lowest BCUT2D eigenvalue weighted by molar-refractivity contribution is 0.0956. The van der Waals surface area contributed by atoms with Crippen molar-refractivity contribution in [2.45, 2.75) is 93.8 Å². The van der Waals surface area contributed by atoms with Crippen LogP contribution >= 0.6 is 0 Å². The maximum absolute atomic E-state index is 13.6. The molecular formula is C26H37NO2SSi. The highest BCUT2D eigenvalue weighted by molar-refractivity contribution is 7.85. The summed E-state index contributed by atoms with van der Waals surface area (Å²) in [6.45, 7) is 17.3. The van der Waals surface area contributed by atoms with Crippen molar-refractivity contribution in [2.24, 2.45) is 0 Å². The third-order valence-corrected chi connectivity index (χ3v) is 14.1. The molecule has 0 amide bonds. The highest BCUT2D eigenvalue weighted by atomic mass is 32.2. The summed E-state index contributed by atoms with van der Waals surface area (Å²) < 4.78 is 20.7. The van der Waals surface area contributed by atoms with Crippen molar-refractivity contribution in [2.75, 3.05) is 0 Å². The van der Waals surface area contributed by atoms with Gasteiger partial charge in [0.05, 0.1) is 15.7 Å². The minimum absolute atomic E-state index is 0.349. The van der Waals surface area contributed by atoms with E-state index in [1.807, 2.05) is 62.4 Å². The number of nitrogens with zero attached hydrogens (tertiary/aromatic N) is 1. The van der Waals surface area contributed by atoms with Crippen LogP contribution in [-0.2, 0) is 20.8 Å². The van der Waals surface area contributed by atoms with Gasteiger partial charge in [-0.25, -0.2) is 4.21 Å². The Morgan fingerprint density at radius 2 is 1.48 bits per heavy atom. The van der Waals surface area contributed by atoms with Crippen LogP contribution in [0, 0.1) is 18.3 Å². The van der Waals surface area contributed by atoms with E-state index in [0.29, 0.717) is 27.9 Å². The van der Waals surface area contributed by atoms with E-state index in [-0.39, 0.29) is 0 Å². The lowest BCUT2D eigenvalue weighted by Gasteiger charge is -2.47. The van der Waals surface area contributed by atoms with Crippen LogP contribution in [-0.4, -0.2) is 12.5 Å². The number of aryl methyl sites for hydroxylation is 1. The third-order valence-electron chi connectivity index (χ3n) is 6.49. The zero-order chi connectivity index (χ0) is 23.4. The fourth-order valence-electron chi connectivity index (χ4n) is 4.89. The molecule has 5 heteroatoms. The molecule has 0 saturated carbocycles. The van der Waals surface area contributed by atoms with Crippen molar-refractivity contribution < 1.29 is 8.63 Å². The molecule has 2 aromatic rings. The first-order chi connectivity index (χ1) is 14.6. The van der Waals surface area contributed by atoms with E-state index in [0.717, 1.165) is 16.0 Å². The molecule has 0 bridgehead atoms. The molecule has 0 radical (unpaired) electrons. The van der Waals surface area contributed by atoms with Crippen LogP contribution in [0.2, 0.25) is 16.6 Å². The van der Waals surface area contributed by atoms with Crippen LogP contribution in [0.15, 0.2) is 58.3 Å². The van der Waals surface area contributed by atoms with E-state index in [4.69, 9.17) is 4.43 Å². The van der Waals surface area contributed by atoms with E-state index in [1.165, 1.54) is 0 Å². The summed E-state index contributed by atoms with van der Waals surface area (Å²) in [4.78, 5) is 1.40. The molecule has 2 aromatic carbocycles. The van der Waals surface area contributed by atoms with Gasteiger partial charge in [0, 0.05) is 10.5 Å². The van der Waals surface area contributed by atoms with Gasteiger partial charge in [0.1, 0.15) is 6.07 Å². The van der Waals surface area contributed by atoms with E-state index < -0.39 is 24.7 Å². The summed E-state index contributed by atoms with van der Waals surface area (Å²) in [5.41, 5.74) is 1.78. The minimum Gasteiger partial charge on any atom is -0.395 e. The van der Waals surface area contributed by atoms with Crippen molar-refractivity contribution in [1.82, 2.24) is 0 Å². The van der Waals surface area contributed by atoms with Crippen LogP contribution in [0.1, 0.15) is 66.0 Å². The second-order valence-corrected chi connectivity index (χ2v) is 16.1. The first-order valence-electron chi connectivity index (χ1n) is 11.2. The molecule has 0 aliphatic carbocycles. The monoisotopic (exact) mass is 455 g/mol. The Labute approximate surface area is 192 Å². The van der Waals surface area contributed by atoms with Gasteiger partial charge >= 0.3 is 0 Å². The molecule has 0 spiro atoms. The lowest BCUT2D eigenvalue weighted by Crippen LogP contribution is -2.53. The molecule has 0 aliphatic heterocycles. The molecule has 0 heterocycles. The summed E-state index contributed by atoms with van der Waals surface area (Å²) in [5.74, 6) is 0. The maximum Gasteiger partial charge on any atom is 0.202 e. The number of hydrogen-bond donors (Lipinski definition) is 0. The first-order valence-corrected chi connectivity index (χ1v) is 14.5. The Balaban J connectivity index is 2.69. The molecule has 2 rings (SSSR count). The van der Waals surface area contributed by atoms with Gasteiger partial charge in [-0.1, -0.05) is 84.4 Å². The van der Waals surface area contributed by atoms with Gasteiger partial charge in [-0.2, -0.15) is 5.26 Å². The highest BCUT2D eigenvalue weighted by Gasteiger charge is 2.51. The molecule has 0 fully saturated rings.